The molecule has 0 aliphatic carbocycles. The Bertz CT molecular complexity index is 843. The SMILES string of the molecule is O=[N+]([O-])c1ccc(Cn2ccc3c(Br)cccc32)c(Br)c1. The van der Waals surface area contributed by atoms with Crippen LogP contribution in [0.5, 0.6) is 0 Å². The van der Waals surface area contributed by atoms with Crippen molar-refractivity contribution < 1.29 is 4.92 Å². The van der Waals surface area contributed by atoms with Gasteiger partial charge in [0.2, 0.25) is 0 Å². The van der Waals surface area contributed by atoms with Gasteiger partial charge in [-0.1, -0.05) is 37.9 Å². The van der Waals surface area contributed by atoms with Gasteiger partial charge < -0.3 is 4.57 Å². The van der Waals surface area contributed by atoms with Crippen molar-refractivity contribution >= 4 is 48.5 Å². The molecule has 0 unspecified atom stereocenters. The lowest BCUT2D eigenvalue weighted by molar-refractivity contribution is -0.384. The third-order valence-electron chi connectivity index (χ3n) is 3.35. The van der Waals surface area contributed by atoms with Crippen molar-refractivity contribution in [1.29, 1.82) is 0 Å². The van der Waals surface area contributed by atoms with Crippen LogP contribution < -0.4 is 0 Å². The topological polar surface area (TPSA) is 48.1 Å². The lowest BCUT2D eigenvalue weighted by Gasteiger charge is -2.08. The molecule has 0 fully saturated rings. The molecule has 1 heterocycles. The van der Waals surface area contributed by atoms with Gasteiger partial charge in [-0.3, -0.25) is 10.1 Å². The van der Waals surface area contributed by atoms with E-state index in [2.05, 4.69) is 48.6 Å². The molecule has 0 saturated heterocycles. The fourth-order valence-electron chi connectivity index (χ4n) is 2.29. The van der Waals surface area contributed by atoms with Crippen LogP contribution in [0.4, 0.5) is 5.69 Å². The maximum Gasteiger partial charge on any atom is 0.270 e. The molecule has 0 amide bonds. The highest BCUT2D eigenvalue weighted by molar-refractivity contribution is 9.11. The summed E-state index contributed by atoms with van der Waals surface area (Å²) in [5, 5.41) is 11.9. The number of fused-ring (bicyclic) bond motifs is 1. The number of rotatable bonds is 3. The quantitative estimate of drug-likeness (QED) is 0.445. The van der Waals surface area contributed by atoms with Crippen molar-refractivity contribution in [1.82, 2.24) is 4.57 Å². The molecule has 0 N–H and O–H groups in total. The second-order valence-electron chi connectivity index (χ2n) is 4.65. The van der Waals surface area contributed by atoms with E-state index in [0.29, 0.717) is 6.54 Å². The molecule has 0 bridgehead atoms. The Hall–Kier alpha value is -1.66. The summed E-state index contributed by atoms with van der Waals surface area (Å²) < 4.78 is 3.92. The smallest absolute Gasteiger partial charge is 0.270 e. The van der Waals surface area contributed by atoms with Crippen LogP contribution in [0.3, 0.4) is 0 Å². The zero-order chi connectivity index (χ0) is 15.0. The summed E-state index contributed by atoms with van der Waals surface area (Å²) >= 11 is 6.95. The first-order valence-corrected chi connectivity index (χ1v) is 7.81. The van der Waals surface area contributed by atoms with Crippen LogP contribution in [-0.4, -0.2) is 9.49 Å². The molecule has 2 aromatic carbocycles. The van der Waals surface area contributed by atoms with Gasteiger partial charge in [-0.2, -0.15) is 0 Å². The van der Waals surface area contributed by atoms with Crippen LogP contribution in [0.2, 0.25) is 0 Å². The Morgan fingerprint density at radius 2 is 1.90 bits per heavy atom. The molecule has 0 radical (unpaired) electrons. The van der Waals surface area contributed by atoms with Crippen molar-refractivity contribution in [3.8, 4) is 0 Å². The maximum atomic E-state index is 10.8. The standard InChI is InChI=1S/C15H10Br2N2O2/c16-13-2-1-3-15-12(13)6-7-18(15)9-10-4-5-11(19(20)21)8-14(10)17/h1-8H,9H2. The van der Waals surface area contributed by atoms with Gasteiger partial charge in [-0.25, -0.2) is 0 Å². The predicted octanol–water partition coefficient (Wildman–Crippen LogP) is 5.12. The summed E-state index contributed by atoms with van der Waals surface area (Å²) in [4.78, 5) is 10.4. The number of non-ortho nitro benzene ring substituents is 1. The lowest BCUT2D eigenvalue weighted by atomic mass is 10.2. The largest absolute Gasteiger partial charge is 0.343 e. The monoisotopic (exact) mass is 408 g/mol. The van der Waals surface area contributed by atoms with Gasteiger partial charge in [0, 0.05) is 44.7 Å². The molecule has 106 valence electrons. The first-order valence-electron chi connectivity index (χ1n) is 6.22. The Labute approximate surface area is 137 Å². The molecule has 1 aromatic heterocycles. The molecule has 21 heavy (non-hydrogen) atoms. The van der Waals surface area contributed by atoms with Gasteiger partial charge in [-0.05, 0) is 29.8 Å². The number of hydrogen-bond donors (Lipinski definition) is 0. The van der Waals surface area contributed by atoms with E-state index in [-0.39, 0.29) is 5.69 Å². The minimum Gasteiger partial charge on any atom is -0.343 e. The van der Waals surface area contributed by atoms with Crippen LogP contribution in [0.1, 0.15) is 5.56 Å². The maximum absolute atomic E-state index is 10.8. The second kappa shape index (κ2) is 5.61. The third-order valence-corrected chi connectivity index (χ3v) is 4.78. The van der Waals surface area contributed by atoms with E-state index >= 15 is 0 Å². The molecule has 3 rings (SSSR count). The van der Waals surface area contributed by atoms with Crippen LogP contribution in [-0.2, 0) is 6.54 Å². The van der Waals surface area contributed by atoms with E-state index in [1.807, 2.05) is 18.3 Å². The predicted molar refractivity (Wildman–Crippen MR) is 89.5 cm³/mol. The van der Waals surface area contributed by atoms with E-state index in [4.69, 9.17) is 0 Å². The summed E-state index contributed by atoms with van der Waals surface area (Å²) in [6.45, 7) is 0.651. The van der Waals surface area contributed by atoms with Crippen LogP contribution in [0.25, 0.3) is 10.9 Å². The van der Waals surface area contributed by atoms with Crippen LogP contribution >= 0.6 is 31.9 Å². The van der Waals surface area contributed by atoms with Crippen molar-refractivity contribution in [2.45, 2.75) is 6.54 Å². The minimum atomic E-state index is -0.392. The van der Waals surface area contributed by atoms with Gasteiger partial charge >= 0.3 is 0 Å². The second-order valence-corrected chi connectivity index (χ2v) is 6.36. The van der Waals surface area contributed by atoms with Crippen molar-refractivity contribution in [2.75, 3.05) is 0 Å². The Balaban J connectivity index is 1.99. The van der Waals surface area contributed by atoms with Gasteiger partial charge in [-0.15, -0.1) is 0 Å². The number of nitro benzene ring substituents is 1. The van der Waals surface area contributed by atoms with Crippen LogP contribution in [0, 0.1) is 10.1 Å². The van der Waals surface area contributed by atoms with Crippen molar-refractivity contribution in [2.24, 2.45) is 0 Å². The van der Waals surface area contributed by atoms with Crippen molar-refractivity contribution in [3.05, 3.63) is 73.3 Å². The summed E-state index contributed by atoms with van der Waals surface area (Å²) in [5.74, 6) is 0. The highest BCUT2D eigenvalue weighted by atomic mass is 79.9. The van der Waals surface area contributed by atoms with E-state index in [1.165, 1.54) is 12.1 Å². The van der Waals surface area contributed by atoms with Crippen LogP contribution in [0.15, 0.2) is 57.6 Å². The Morgan fingerprint density at radius 1 is 1.10 bits per heavy atom. The van der Waals surface area contributed by atoms with Gasteiger partial charge in [0.05, 0.1) is 4.92 Å². The van der Waals surface area contributed by atoms with E-state index in [1.54, 1.807) is 6.07 Å². The van der Waals surface area contributed by atoms with E-state index in [9.17, 15) is 10.1 Å². The number of hydrogen-bond acceptors (Lipinski definition) is 2. The summed E-state index contributed by atoms with van der Waals surface area (Å²) in [7, 11) is 0. The number of benzene rings is 2. The fourth-order valence-corrected chi connectivity index (χ4v) is 3.27. The zero-order valence-corrected chi connectivity index (χ0v) is 14.0. The molecular weight excluding hydrogens is 400 g/mol. The Morgan fingerprint density at radius 3 is 2.62 bits per heavy atom. The van der Waals surface area contributed by atoms with E-state index in [0.717, 1.165) is 25.4 Å². The highest BCUT2D eigenvalue weighted by Crippen LogP contribution is 2.28. The fraction of sp³-hybridized carbons (Fsp3) is 0.0667. The Kier molecular flexibility index (Phi) is 3.82. The average Bonchev–Trinajstić information content (AvgIpc) is 2.85. The normalized spacial score (nSPS) is 11.0. The summed E-state index contributed by atoms with van der Waals surface area (Å²) in [5.41, 5.74) is 2.21. The molecular formula is C15H10Br2N2O2. The van der Waals surface area contributed by atoms with Gasteiger partial charge in [0.1, 0.15) is 0 Å². The number of nitro groups is 1. The zero-order valence-electron chi connectivity index (χ0n) is 10.8. The lowest BCUT2D eigenvalue weighted by Crippen LogP contribution is -1.99. The highest BCUT2D eigenvalue weighted by Gasteiger charge is 2.10. The number of aromatic nitrogens is 1. The summed E-state index contributed by atoms with van der Waals surface area (Å²) in [6, 6.07) is 13.0. The molecule has 0 aliphatic heterocycles. The van der Waals surface area contributed by atoms with Gasteiger partial charge in [0.25, 0.3) is 5.69 Å². The third kappa shape index (κ3) is 2.73. The molecule has 0 aliphatic rings. The molecule has 0 saturated carbocycles. The first kappa shape index (κ1) is 14.3. The summed E-state index contributed by atoms with van der Waals surface area (Å²) in [6.07, 6.45) is 2.02. The molecule has 6 heteroatoms. The molecule has 0 atom stereocenters. The minimum absolute atomic E-state index is 0.0886. The number of halogens is 2. The molecule has 3 aromatic rings. The molecule has 0 spiro atoms. The average molecular weight is 410 g/mol. The molecule has 4 nitrogen and oxygen atoms in total. The number of nitrogens with zero attached hydrogens (tertiary/aromatic N) is 2. The van der Waals surface area contributed by atoms with E-state index < -0.39 is 4.92 Å². The van der Waals surface area contributed by atoms with Gasteiger partial charge in [0.15, 0.2) is 0 Å². The first-order chi connectivity index (χ1) is 10.1. The van der Waals surface area contributed by atoms with Crippen molar-refractivity contribution in [3.63, 3.8) is 0 Å².